The molecule has 1 N–H and O–H groups in total. The highest BCUT2D eigenvalue weighted by atomic mass is 15.1. The van der Waals surface area contributed by atoms with Crippen LogP contribution in [0, 0.1) is 5.41 Å². The lowest BCUT2D eigenvalue weighted by molar-refractivity contribution is 1.06. The SMILES string of the molecule is CN(C)c1ccc2nc3ccc(=N)cc-3n(-c3ccccc3)c2c1. The monoisotopic (exact) mass is 314 g/mol. The number of benzene rings is 3. The van der Waals surface area contributed by atoms with Gasteiger partial charge in [0.1, 0.15) is 0 Å². The fraction of sp³-hybridized carbons (Fsp3) is 0.100. The Labute approximate surface area is 140 Å². The van der Waals surface area contributed by atoms with Crippen LogP contribution in [0.4, 0.5) is 5.69 Å². The van der Waals surface area contributed by atoms with Crippen molar-refractivity contribution in [2.24, 2.45) is 0 Å². The van der Waals surface area contributed by atoms with Gasteiger partial charge in [-0.25, -0.2) is 4.98 Å². The van der Waals surface area contributed by atoms with Crippen LogP contribution < -0.4 is 10.3 Å². The van der Waals surface area contributed by atoms with Crippen molar-refractivity contribution in [3.8, 4) is 17.1 Å². The van der Waals surface area contributed by atoms with E-state index in [0.717, 1.165) is 33.8 Å². The molecular weight excluding hydrogens is 296 g/mol. The Kier molecular flexibility index (Phi) is 3.31. The highest BCUT2D eigenvalue weighted by Crippen LogP contribution is 2.30. The fourth-order valence-corrected chi connectivity index (χ4v) is 2.98. The number of para-hydroxylation sites is 1. The summed E-state index contributed by atoms with van der Waals surface area (Å²) in [6, 6.07) is 22.1. The summed E-state index contributed by atoms with van der Waals surface area (Å²) in [5, 5.41) is 8.49. The Bertz CT molecular complexity index is 1050. The van der Waals surface area contributed by atoms with Crippen molar-refractivity contribution in [2.45, 2.75) is 0 Å². The minimum absolute atomic E-state index is 0.483. The normalized spacial score (nSPS) is 11.1. The summed E-state index contributed by atoms with van der Waals surface area (Å²) in [6.07, 6.45) is 0. The van der Waals surface area contributed by atoms with Crippen molar-refractivity contribution in [1.82, 2.24) is 9.55 Å². The molecular formula is C20H18N4. The summed E-state index contributed by atoms with van der Waals surface area (Å²) in [7, 11) is 4.06. The van der Waals surface area contributed by atoms with Gasteiger partial charge in [-0.15, -0.1) is 0 Å². The Balaban J connectivity index is 2.19. The Morgan fingerprint density at radius 1 is 0.917 bits per heavy atom. The van der Waals surface area contributed by atoms with Gasteiger partial charge in [0.05, 0.1) is 27.8 Å². The number of anilines is 1. The second kappa shape index (κ2) is 5.49. The standard InChI is InChI=1S/C20H18N4/c1-23(2)16-9-11-18-20(13-16)24(15-6-4-3-5-7-15)19-12-14(21)8-10-17(19)22-18/h3-13,21H,1-2H3. The maximum Gasteiger partial charge on any atom is 0.0879 e. The summed E-state index contributed by atoms with van der Waals surface area (Å²) in [5.41, 5.74) is 5.99. The summed E-state index contributed by atoms with van der Waals surface area (Å²) in [5.74, 6) is 0. The number of aromatic nitrogens is 2. The summed E-state index contributed by atoms with van der Waals surface area (Å²) >= 11 is 0. The molecule has 1 aliphatic carbocycles. The van der Waals surface area contributed by atoms with Gasteiger partial charge in [-0.2, -0.15) is 0 Å². The van der Waals surface area contributed by atoms with Gasteiger partial charge in [0, 0.05) is 25.5 Å². The van der Waals surface area contributed by atoms with E-state index in [9.17, 15) is 0 Å². The lowest BCUT2D eigenvalue weighted by Gasteiger charge is -2.20. The van der Waals surface area contributed by atoms with Crippen LogP contribution in [0.2, 0.25) is 0 Å². The predicted octanol–water partition coefficient (Wildman–Crippen LogP) is 3.68. The van der Waals surface area contributed by atoms with E-state index in [1.807, 2.05) is 44.4 Å². The van der Waals surface area contributed by atoms with Gasteiger partial charge < -0.3 is 14.9 Å². The molecule has 2 aliphatic rings. The van der Waals surface area contributed by atoms with E-state index in [0.29, 0.717) is 5.36 Å². The van der Waals surface area contributed by atoms with Crippen LogP contribution in [-0.2, 0) is 0 Å². The van der Waals surface area contributed by atoms with Crippen LogP contribution in [0.5, 0.6) is 0 Å². The molecule has 4 rings (SSSR count). The molecule has 0 aromatic heterocycles. The topological polar surface area (TPSA) is 44.9 Å². The van der Waals surface area contributed by atoms with Gasteiger partial charge in [0.2, 0.25) is 0 Å². The third-order valence-electron chi connectivity index (χ3n) is 4.19. The Morgan fingerprint density at radius 3 is 2.46 bits per heavy atom. The minimum atomic E-state index is 0.483. The molecule has 4 nitrogen and oxygen atoms in total. The molecule has 0 atom stereocenters. The number of fused-ring (bicyclic) bond motifs is 2. The van der Waals surface area contributed by atoms with E-state index in [2.05, 4.69) is 39.8 Å². The second-order valence-electron chi connectivity index (χ2n) is 6.05. The van der Waals surface area contributed by atoms with E-state index in [1.54, 1.807) is 6.07 Å². The van der Waals surface area contributed by atoms with E-state index >= 15 is 0 Å². The molecule has 118 valence electrons. The molecule has 0 unspecified atom stereocenters. The summed E-state index contributed by atoms with van der Waals surface area (Å²) in [6.45, 7) is 0. The van der Waals surface area contributed by atoms with Crippen LogP contribution in [0.25, 0.3) is 28.1 Å². The lowest BCUT2D eigenvalue weighted by atomic mass is 10.1. The molecule has 0 saturated carbocycles. The van der Waals surface area contributed by atoms with E-state index in [4.69, 9.17) is 10.4 Å². The maximum absolute atomic E-state index is 8.01. The van der Waals surface area contributed by atoms with Crippen LogP contribution in [0.3, 0.4) is 0 Å². The Morgan fingerprint density at radius 2 is 1.71 bits per heavy atom. The third-order valence-corrected chi connectivity index (χ3v) is 4.19. The molecule has 0 amide bonds. The largest absolute Gasteiger partial charge is 0.378 e. The molecule has 0 fully saturated rings. The summed E-state index contributed by atoms with van der Waals surface area (Å²) < 4.78 is 2.18. The van der Waals surface area contributed by atoms with Crippen molar-refractivity contribution in [2.75, 3.05) is 19.0 Å². The zero-order valence-corrected chi connectivity index (χ0v) is 13.7. The maximum atomic E-state index is 8.01. The first kappa shape index (κ1) is 14.5. The van der Waals surface area contributed by atoms with Gasteiger partial charge >= 0.3 is 0 Å². The third kappa shape index (κ3) is 2.33. The number of nitrogens with zero attached hydrogens (tertiary/aromatic N) is 3. The Hall–Kier alpha value is -3.14. The average Bonchev–Trinajstić information content (AvgIpc) is 2.60. The van der Waals surface area contributed by atoms with E-state index in [-0.39, 0.29) is 0 Å². The average molecular weight is 314 g/mol. The minimum Gasteiger partial charge on any atom is -0.378 e. The zero-order chi connectivity index (χ0) is 16.7. The molecule has 4 heteroatoms. The van der Waals surface area contributed by atoms with Crippen molar-refractivity contribution in [3.63, 3.8) is 0 Å². The number of nitrogens with one attached hydrogen (secondary N) is 1. The van der Waals surface area contributed by atoms with Gasteiger partial charge in [0.15, 0.2) is 0 Å². The van der Waals surface area contributed by atoms with Crippen molar-refractivity contribution < 1.29 is 0 Å². The molecule has 0 saturated heterocycles. The van der Waals surface area contributed by atoms with Crippen molar-refractivity contribution in [1.29, 1.82) is 5.41 Å². The quantitative estimate of drug-likeness (QED) is 0.574. The molecule has 2 aromatic rings. The number of hydrogen-bond acceptors (Lipinski definition) is 3. The molecule has 1 heterocycles. The van der Waals surface area contributed by atoms with Crippen molar-refractivity contribution in [3.05, 3.63) is 72.1 Å². The summed E-state index contributed by atoms with van der Waals surface area (Å²) in [4.78, 5) is 6.87. The van der Waals surface area contributed by atoms with Crippen LogP contribution in [-0.4, -0.2) is 23.6 Å². The van der Waals surface area contributed by atoms with Crippen LogP contribution in [0.15, 0.2) is 66.7 Å². The molecule has 1 aliphatic heterocycles. The fourth-order valence-electron chi connectivity index (χ4n) is 2.98. The van der Waals surface area contributed by atoms with Gasteiger partial charge in [0.25, 0.3) is 0 Å². The lowest BCUT2D eigenvalue weighted by Crippen LogP contribution is -2.12. The first-order chi connectivity index (χ1) is 11.6. The smallest absolute Gasteiger partial charge is 0.0879 e. The van der Waals surface area contributed by atoms with Gasteiger partial charge in [-0.05, 0) is 48.5 Å². The molecule has 0 radical (unpaired) electrons. The van der Waals surface area contributed by atoms with E-state index < -0.39 is 0 Å². The van der Waals surface area contributed by atoms with Crippen LogP contribution in [0.1, 0.15) is 0 Å². The predicted molar refractivity (Wildman–Crippen MR) is 97.9 cm³/mol. The number of hydrogen-bond donors (Lipinski definition) is 1. The van der Waals surface area contributed by atoms with Gasteiger partial charge in [-0.3, -0.25) is 0 Å². The second-order valence-corrected chi connectivity index (χ2v) is 6.05. The molecule has 24 heavy (non-hydrogen) atoms. The molecule has 0 bridgehead atoms. The molecule has 0 spiro atoms. The first-order valence-corrected chi connectivity index (χ1v) is 7.87. The first-order valence-electron chi connectivity index (χ1n) is 7.87. The van der Waals surface area contributed by atoms with E-state index in [1.165, 1.54) is 0 Å². The van der Waals surface area contributed by atoms with Crippen molar-refractivity contribution >= 4 is 16.7 Å². The highest BCUT2D eigenvalue weighted by molar-refractivity contribution is 5.85. The molecule has 2 aromatic carbocycles. The zero-order valence-electron chi connectivity index (χ0n) is 13.7. The van der Waals surface area contributed by atoms with Crippen LogP contribution >= 0.6 is 0 Å². The van der Waals surface area contributed by atoms with Gasteiger partial charge in [-0.1, -0.05) is 18.2 Å². The number of rotatable bonds is 2. The highest BCUT2D eigenvalue weighted by Gasteiger charge is 2.14.